The van der Waals surface area contributed by atoms with E-state index in [1.165, 1.54) is 12.3 Å². The van der Waals surface area contributed by atoms with E-state index in [1.54, 1.807) is 0 Å². The molecule has 0 unspecified atom stereocenters. The number of hydrogen-bond acceptors (Lipinski definition) is 6. The molecule has 0 atom stereocenters. The molecule has 150 valence electrons. The summed E-state index contributed by atoms with van der Waals surface area (Å²) in [5, 5.41) is 4.82. The molecule has 1 amide bonds. The predicted octanol–water partition coefficient (Wildman–Crippen LogP) is 3.36. The average Bonchev–Trinajstić information content (AvgIpc) is 2.74. The summed E-state index contributed by atoms with van der Waals surface area (Å²) in [5.41, 5.74) is 0.425. The molecule has 0 bridgehead atoms. The molecular weight excluding hydrogens is 388 g/mol. The number of hydrogen-bond donors (Lipinski definition) is 1. The molecule has 1 fully saturated rings. The molecule has 1 aliphatic rings. The molecule has 0 radical (unpaired) electrons. The Balaban J connectivity index is 1.35. The van der Waals surface area contributed by atoms with E-state index < -0.39 is 0 Å². The van der Waals surface area contributed by atoms with Gasteiger partial charge in [0, 0.05) is 41.7 Å². The smallest absolute Gasteiger partial charge is 0.262 e. The van der Waals surface area contributed by atoms with E-state index in [4.69, 9.17) is 9.15 Å². The van der Waals surface area contributed by atoms with Crippen LogP contribution >= 0.6 is 11.8 Å². The first-order chi connectivity index (χ1) is 14.2. The van der Waals surface area contributed by atoms with E-state index in [9.17, 15) is 9.59 Å². The van der Waals surface area contributed by atoms with Crippen molar-refractivity contribution in [3.8, 4) is 5.75 Å². The Bertz CT molecular complexity index is 1050. The monoisotopic (exact) mass is 410 g/mol. The number of fused-ring (bicyclic) bond motifs is 1. The van der Waals surface area contributed by atoms with Crippen LogP contribution in [0.25, 0.3) is 10.8 Å². The lowest BCUT2D eigenvalue weighted by Crippen LogP contribution is -2.32. The fraction of sp³-hybridized carbons (Fsp3) is 0.273. The van der Waals surface area contributed by atoms with Gasteiger partial charge < -0.3 is 14.5 Å². The first kappa shape index (κ1) is 19.5. The first-order valence-corrected chi connectivity index (χ1v) is 10.7. The second-order valence-corrected chi connectivity index (χ2v) is 8.05. The molecule has 29 heavy (non-hydrogen) atoms. The van der Waals surface area contributed by atoms with Crippen molar-refractivity contribution in [2.24, 2.45) is 0 Å². The van der Waals surface area contributed by atoms with Gasteiger partial charge in [0.2, 0.25) is 11.2 Å². The maximum absolute atomic E-state index is 12.3. The molecular formula is C22H22N2O4S. The molecule has 6 nitrogen and oxygen atoms in total. The van der Waals surface area contributed by atoms with Crippen LogP contribution in [-0.4, -0.2) is 42.0 Å². The van der Waals surface area contributed by atoms with Crippen molar-refractivity contribution in [2.45, 2.75) is 6.54 Å². The molecule has 7 heteroatoms. The minimum atomic E-state index is -0.337. The van der Waals surface area contributed by atoms with E-state index in [2.05, 4.69) is 10.2 Å². The van der Waals surface area contributed by atoms with Gasteiger partial charge in [-0.1, -0.05) is 36.4 Å². The number of carbonyl (C=O) groups is 1. The summed E-state index contributed by atoms with van der Waals surface area (Å²) in [4.78, 5) is 26.8. The molecule has 4 rings (SSSR count). The van der Waals surface area contributed by atoms with Gasteiger partial charge in [-0.15, -0.1) is 0 Å². The Hall–Kier alpha value is -2.77. The van der Waals surface area contributed by atoms with Gasteiger partial charge in [0.25, 0.3) is 5.91 Å². The van der Waals surface area contributed by atoms with Crippen molar-refractivity contribution in [3.05, 3.63) is 70.8 Å². The number of carbonyl (C=O) groups excluding carboxylic acids is 1. The number of ether oxygens (including phenoxy) is 1. The largest absolute Gasteiger partial charge is 0.477 e. The molecule has 1 aliphatic heterocycles. The summed E-state index contributed by atoms with van der Waals surface area (Å²) in [6.07, 6.45) is 1.29. The zero-order valence-corrected chi connectivity index (χ0v) is 16.7. The second-order valence-electron chi connectivity index (χ2n) is 6.83. The third kappa shape index (κ3) is 4.99. The number of rotatable bonds is 6. The Morgan fingerprint density at radius 1 is 1.14 bits per heavy atom. The Morgan fingerprint density at radius 2 is 1.93 bits per heavy atom. The lowest BCUT2D eigenvalue weighted by Gasteiger charge is -2.25. The van der Waals surface area contributed by atoms with Crippen LogP contribution in [-0.2, 0) is 11.3 Å². The summed E-state index contributed by atoms with van der Waals surface area (Å²) in [6.45, 7) is 2.32. The van der Waals surface area contributed by atoms with Crippen LogP contribution in [0.2, 0.25) is 0 Å². The lowest BCUT2D eigenvalue weighted by molar-refractivity contribution is -0.118. The third-order valence-corrected chi connectivity index (χ3v) is 5.70. The normalized spacial score (nSPS) is 14.6. The third-order valence-electron chi connectivity index (χ3n) is 4.76. The number of amides is 1. The maximum Gasteiger partial charge on any atom is 0.262 e. The Labute approximate surface area is 172 Å². The van der Waals surface area contributed by atoms with Crippen LogP contribution in [0.3, 0.4) is 0 Å². The van der Waals surface area contributed by atoms with Gasteiger partial charge in [-0.2, -0.15) is 11.8 Å². The van der Waals surface area contributed by atoms with Gasteiger partial charge >= 0.3 is 0 Å². The van der Waals surface area contributed by atoms with Crippen LogP contribution < -0.4 is 15.5 Å². The van der Waals surface area contributed by atoms with Crippen molar-refractivity contribution in [3.63, 3.8) is 0 Å². The summed E-state index contributed by atoms with van der Waals surface area (Å²) < 4.78 is 10.9. The highest BCUT2D eigenvalue weighted by atomic mass is 32.2. The van der Waals surface area contributed by atoms with E-state index in [0.717, 1.165) is 35.4 Å². The highest BCUT2D eigenvalue weighted by Crippen LogP contribution is 2.22. The van der Waals surface area contributed by atoms with E-state index >= 15 is 0 Å². The first-order valence-electron chi connectivity index (χ1n) is 9.51. The minimum absolute atomic E-state index is 0.0380. The number of nitrogens with one attached hydrogen (secondary N) is 1. The molecule has 0 aliphatic carbocycles. The van der Waals surface area contributed by atoms with Crippen LogP contribution in [0.5, 0.6) is 5.75 Å². The van der Waals surface area contributed by atoms with Crippen molar-refractivity contribution in [2.75, 3.05) is 36.5 Å². The van der Waals surface area contributed by atoms with E-state index in [0.29, 0.717) is 18.0 Å². The van der Waals surface area contributed by atoms with Crippen LogP contribution in [0, 0.1) is 0 Å². The number of anilines is 1. The minimum Gasteiger partial charge on any atom is -0.477 e. The molecule has 3 aromatic rings. The maximum atomic E-state index is 12.3. The zero-order chi connectivity index (χ0) is 20.1. The average molecular weight is 410 g/mol. The van der Waals surface area contributed by atoms with E-state index in [1.807, 2.05) is 54.2 Å². The molecule has 1 N–H and O–H groups in total. The van der Waals surface area contributed by atoms with Crippen molar-refractivity contribution < 1.29 is 13.9 Å². The zero-order valence-electron chi connectivity index (χ0n) is 15.9. The van der Waals surface area contributed by atoms with Gasteiger partial charge in [-0.3, -0.25) is 14.5 Å². The fourth-order valence-corrected chi connectivity index (χ4v) is 4.25. The predicted molar refractivity (Wildman–Crippen MR) is 116 cm³/mol. The molecule has 0 saturated carbocycles. The van der Waals surface area contributed by atoms with Crippen molar-refractivity contribution in [1.82, 2.24) is 4.90 Å². The van der Waals surface area contributed by atoms with Gasteiger partial charge in [-0.25, -0.2) is 0 Å². The number of thioether (sulfide) groups is 1. The lowest BCUT2D eigenvalue weighted by atomic mass is 10.1. The summed E-state index contributed by atoms with van der Waals surface area (Å²) in [6, 6.07) is 14.9. The van der Waals surface area contributed by atoms with Gasteiger partial charge in [0.1, 0.15) is 12.0 Å². The Morgan fingerprint density at radius 3 is 2.76 bits per heavy atom. The van der Waals surface area contributed by atoms with Gasteiger partial charge in [0.15, 0.2) is 6.61 Å². The molecule has 1 saturated heterocycles. The standard InChI is InChI=1S/C22H22N2O4S/c25-20-12-17(13-24-8-10-29-11-9-24)27-14-21(20)28-15-22(26)23-19-7-3-5-16-4-1-2-6-18(16)19/h1-7,12,14H,8-11,13,15H2,(H,23,26). The van der Waals surface area contributed by atoms with Gasteiger partial charge in [0.05, 0.1) is 6.54 Å². The molecule has 1 aromatic heterocycles. The highest BCUT2D eigenvalue weighted by molar-refractivity contribution is 7.99. The van der Waals surface area contributed by atoms with Crippen molar-refractivity contribution >= 4 is 34.1 Å². The number of benzene rings is 2. The molecule has 2 aromatic carbocycles. The molecule has 2 heterocycles. The van der Waals surface area contributed by atoms with Crippen LogP contribution in [0.15, 0.2) is 64.0 Å². The second kappa shape index (κ2) is 9.15. The SMILES string of the molecule is O=C(COc1coc(CN2CCSCC2)cc1=O)Nc1cccc2ccccc12. The van der Waals surface area contributed by atoms with Gasteiger partial charge in [-0.05, 0) is 11.5 Å². The molecule has 0 spiro atoms. The topological polar surface area (TPSA) is 71.8 Å². The highest BCUT2D eigenvalue weighted by Gasteiger charge is 2.14. The Kier molecular flexibility index (Phi) is 6.17. The summed E-state index contributed by atoms with van der Waals surface area (Å²) in [5.74, 6) is 2.50. The summed E-state index contributed by atoms with van der Waals surface area (Å²) in [7, 11) is 0. The van der Waals surface area contributed by atoms with E-state index in [-0.39, 0.29) is 23.7 Å². The quantitative estimate of drug-likeness (QED) is 0.672. The summed E-state index contributed by atoms with van der Waals surface area (Å²) >= 11 is 1.93. The number of nitrogens with zero attached hydrogens (tertiary/aromatic N) is 1. The van der Waals surface area contributed by atoms with Crippen LogP contribution in [0.4, 0.5) is 5.69 Å². The van der Waals surface area contributed by atoms with Crippen LogP contribution in [0.1, 0.15) is 5.76 Å². The fourth-order valence-electron chi connectivity index (χ4n) is 3.27. The van der Waals surface area contributed by atoms with Crippen molar-refractivity contribution in [1.29, 1.82) is 0 Å².